The molecular weight excluding hydrogens is 216 g/mol. The predicted molar refractivity (Wildman–Crippen MR) is 64.9 cm³/mol. The Labute approximate surface area is 100 Å². The number of aromatic nitrogens is 3. The van der Waals surface area contributed by atoms with Crippen LogP contribution in [0.4, 0.5) is 0 Å². The first-order chi connectivity index (χ1) is 8.06. The highest BCUT2D eigenvalue weighted by Crippen LogP contribution is 2.20. The fourth-order valence-corrected chi connectivity index (χ4v) is 1.51. The average Bonchev–Trinajstić information content (AvgIpc) is 2.58. The number of nitrogens with two attached hydrogens (primary N) is 1. The lowest BCUT2D eigenvalue weighted by Crippen LogP contribution is -2.05. The SMILES string of the molecule is Cc1cc(Oc2ccc([C@@H](C)N)cn2)n(C)n1. The van der Waals surface area contributed by atoms with Crippen LogP contribution in [0, 0.1) is 6.92 Å². The first kappa shape index (κ1) is 11.6. The number of aryl methyl sites for hydroxylation is 2. The van der Waals surface area contributed by atoms with E-state index in [0.29, 0.717) is 11.8 Å². The molecule has 0 aliphatic carbocycles. The third-order valence-electron chi connectivity index (χ3n) is 2.45. The minimum atomic E-state index is -0.0181. The van der Waals surface area contributed by atoms with Crippen LogP contribution in [0.15, 0.2) is 24.4 Å². The van der Waals surface area contributed by atoms with Gasteiger partial charge in [-0.3, -0.25) is 0 Å². The lowest BCUT2D eigenvalue weighted by atomic mass is 10.2. The van der Waals surface area contributed by atoms with E-state index in [1.165, 1.54) is 0 Å². The molecule has 2 aromatic rings. The van der Waals surface area contributed by atoms with Crippen molar-refractivity contribution in [2.24, 2.45) is 12.8 Å². The Balaban J connectivity index is 2.16. The molecule has 2 heterocycles. The standard InChI is InChI=1S/C12H16N4O/c1-8-6-12(16(3)15-8)17-11-5-4-10(7-14-11)9(2)13/h4-7,9H,13H2,1-3H3/t9-/m1/s1. The number of hydrogen-bond acceptors (Lipinski definition) is 4. The normalized spacial score (nSPS) is 12.5. The maximum absolute atomic E-state index is 5.75. The Kier molecular flexibility index (Phi) is 3.10. The van der Waals surface area contributed by atoms with Crippen LogP contribution in [0.1, 0.15) is 24.2 Å². The van der Waals surface area contributed by atoms with Crippen LogP contribution in [0.25, 0.3) is 0 Å². The lowest BCUT2D eigenvalue weighted by molar-refractivity contribution is 0.415. The zero-order chi connectivity index (χ0) is 12.4. The fourth-order valence-electron chi connectivity index (χ4n) is 1.51. The summed E-state index contributed by atoms with van der Waals surface area (Å²) >= 11 is 0. The summed E-state index contributed by atoms with van der Waals surface area (Å²) in [7, 11) is 1.83. The third kappa shape index (κ3) is 2.62. The number of pyridine rings is 1. The molecule has 0 saturated carbocycles. The van der Waals surface area contributed by atoms with Crippen LogP contribution in [-0.4, -0.2) is 14.8 Å². The van der Waals surface area contributed by atoms with Gasteiger partial charge in [-0.25, -0.2) is 9.67 Å². The van der Waals surface area contributed by atoms with Crippen LogP contribution in [0.3, 0.4) is 0 Å². The lowest BCUT2D eigenvalue weighted by Gasteiger charge is -2.07. The second-order valence-corrected chi connectivity index (χ2v) is 4.07. The molecule has 0 bridgehead atoms. The summed E-state index contributed by atoms with van der Waals surface area (Å²) < 4.78 is 7.29. The van der Waals surface area contributed by atoms with Crippen LogP contribution in [-0.2, 0) is 7.05 Å². The van der Waals surface area contributed by atoms with Crippen molar-refractivity contribution in [3.05, 3.63) is 35.7 Å². The van der Waals surface area contributed by atoms with E-state index in [2.05, 4.69) is 10.1 Å². The van der Waals surface area contributed by atoms with Crippen LogP contribution < -0.4 is 10.5 Å². The highest BCUT2D eigenvalue weighted by atomic mass is 16.5. The Bertz CT molecular complexity index is 502. The second-order valence-electron chi connectivity index (χ2n) is 4.07. The van der Waals surface area contributed by atoms with Gasteiger partial charge in [0, 0.05) is 31.4 Å². The topological polar surface area (TPSA) is 66.0 Å². The molecule has 0 amide bonds. The Morgan fingerprint density at radius 3 is 2.65 bits per heavy atom. The molecule has 0 aromatic carbocycles. The molecule has 2 N–H and O–H groups in total. The van der Waals surface area contributed by atoms with Gasteiger partial charge < -0.3 is 10.5 Å². The van der Waals surface area contributed by atoms with E-state index in [4.69, 9.17) is 10.5 Å². The van der Waals surface area contributed by atoms with Gasteiger partial charge in [-0.1, -0.05) is 6.07 Å². The van der Waals surface area contributed by atoms with Crippen molar-refractivity contribution in [1.29, 1.82) is 0 Å². The molecule has 5 nitrogen and oxygen atoms in total. The Hall–Kier alpha value is -1.88. The highest BCUT2D eigenvalue weighted by molar-refractivity contribution is 5.25. The van der Waals surface area contributed by atoms with Crippen LogP contribution in [0.2, 0.25) is 0 Å². The van der Waals surface area contributed by atoms with Crippen LogP contribution in [0.5, 0.6) is 11.8 Å². The van der Waals surface area contributed by atoms with Gasteiger partial charge in [0.25, 0.3) is 0 Å². The van der Waals surface area contributed by atoms with Crippen molar-refractivity contribution < 1.29 is 4.74 Å². The summed E-state index contributed by atoms with van der Waals surface area (Å²) in [5.74, 6) is 1.21. The van der Waals surface area contributed by atoms with Gasteiger partial charge in [-0.15, -0.1) is 0 Å². The number of rotatable bonds is 3. The molecule has 0 saturated heterocycles. The van der Waals surface area contributed by atoms with Gasteiger partial charge in [-0.05, 0) is 19.4 Å². The summed E-state index contributed by atoms with van der Waals surface area (Å²) in [5, 5.41) is 4.20. The molecule has 5 heteroatoms. The van der Waals surface area contributed by atoms with E-state index in [9.17, 15) is 0 Å². The fraction of sp³-hybridized carbons (Fsp3) is 0.333. The first-order valence-corrected chi connectivity index (χ1v) is 5.46. The van der Waals surface area contributed by atoms with Gasteiger partial charge in [0.15, 0.2) is 0 Å². The predicted octanol–water partition coefficient (Wildman–Crippen LogP) is 1.94. The maximum atomic E-state index is 5.75. The Morgan fingerprint density at radius 1 is 1.41 bits per heavy atom. The molecule has 2 rings (SSSR count). The monoisotopic (exact) mass is 232 g/mol. The van der Waals surface area contributed by atoms with E-state index in [1.54, 1.807) is 16.9 Å². The number of nitrogens with zero attached hydrogens (tertiary/aromatic N) is 3. The molecule has 0 fully saturated rings. The van der Waals surface area contributed by atoms with E-state index in [0.717, 1.165) is 11.3 Å². The smallest absolute Gasteiger partial charge is 0.221 e. The van der Waals surface area contributed by atoms with Crippen molar-refractivity contribution in [2.75, 3.05) is 0 Å². The van der Waals surface area contributed by atoms with E-state index >= 15 is 0 Å². The molecule has 0 radical (unpaired) electrons. The number of ether oxygens (including phenoxy) is 1. The number of hydrogen-bond donors (Lipinski definition) is 1. The van der Waals surface area contributed by atoms with Crippen molar-refractivity contribution in [1.82, 2.24) is 14.8 Å². The van der Waals surface area contributed by atoms with E-state index < -0.39 is 0 Å². The molecule has 17 heavy (non-hydrogen) atoms. The van der Waals surface area contributed by atoms with Crippen molar-refractivity contribution >= 4 is 0 Å². The van der Waals surface area contributed by atoms with Gasteiger partial charge >= 0.3 is 0 Å². The molecule has 0 unspecified atom stereocenters. The second kappa shape index (κ2) is 4.55. The summed E-state index contributed by atoms with van der Waals surface area (Å²) in [6.45, 7) is 3.83. The van der Waals surface area contributed by atoms with Gasteiger partial charge in [-0.2, -0.15) is 5.10 Å². The molecule has 0 spiro atoms. The van der Waals surface area contributed by atoms with Crippen molar-refractivity contribution in [3.63, 3.8) is 0 Å². The minimum Gasteiger partial charge on any atom is -0.421 e. The zero-order valence-corrected chi connectivity index (χ0v) is 10.2. The molecule has 0 aliphatic rings. The van der Waals surface area contributed by atoms with Gasteiger partial charge in [0.1, 0.15) is 0 Å². The van der Waals surface area contributed by atoms with Gasteiger partial charge in [0.2, 0.25) is 11.8 Å². The minimum absolute atomic E-state index is 0.0181. The largest absolute Gasteiger partial charge is 0.421 e. The zero-order valence-electron chi connectivity index (χ0n) is 10.2. The molecule has 90 valence electrons. The van der Waals surface area contributed by atoms with Crippen molar-refractivity contribution in [2.45, 2.75) is 19.9 Å². The molecule has 1 atom stereocenters. The van der Waals surface area contributed by atoms with Crippen LogP contribution >= 0.6 is 0 Å². The van der Waals surface area contributed by atoms with E-state index in [-0.39, 0.29) is 6.04 Å². The third-order valence-corrected chi connectivity index (χ3v) is 2.45. The highest BCUT2D eigenvalue weighted by Gasteiger charge is 2.06. The van der Waals surface area contributed by atoms with Gasteiger partial charge in [0.05, 0.1) is 5.69 Å². The maximum Gasteiger partial charge on any atom is 0.221 e. The first-order valence-electron chi connectivity index (χ1n) is 5.46. The van der Waals surface area contributed by atoms with E-state index in [1.807, 2.05) is 33.0 Å². The summed E-state index contributed by atoms with van der Waals surface area (Å²) in [6, 6.07) is 5.56. The van der Waals surface area contributed by atoms with Crippen molar-refractivity contribution in [3.8, 4) is 11.8 Å². The summed E-state index contributed by atoms with van der Waals surface area (Å²) in [6.07, 6.45) is 1.73. The molecular formula is C12H16N4O. The molecule has 2 aromatic heterocycles. The summed E-state index contributed by atoms with van der Waals surface area (Å²) in [4.78, 5) is 4.20. The quantitative estimate of drug-likeness (QED) is 0.878. The Morgan fingerprint density at radius 2 is 2.18 bits per heavy atom. The molecule has 0 aliphatic heterocycles. The average molecular weight is 232 g/mol. The summed E-state index contributed by atoms with van der Waals surface area (Å²) in [5.41, 5.74) is 7.65.